The molecule has 1 nitrogen and oxygen atoms in total. The van der Waals surface area contributed by atoms with Crippen LogP contribution in [0.3, 0.4) is 0 Å². The Morgan fingerprint density at radius 3 is 2.62 bits per heavy atom. The van der Waals surface area contributed by atoms with Crippen LogP contribution in [-0.2, 0) is 11.2 Å². The highest BCUT2D eigenvalue weighted by molar-refractivity contribution is 5.17. The summed E-state index contributed by atoms with van der Waals surface area (Å²) in [5.74, 6) is 1.01. The molecule has 0 heterocycles. The Labute approximate surface area is 80.0 Å². The zero-order valence-electron chi connectivity index (χ0n) is 8.29. The molecule has 0 spiro atoms. The summed E-state index contributed by atoms with van der Waals surface area (Å²) in [4.78, 5) is 0. The first kappa shape index (κ1) is 9.85. The normalized spacial score (nSPS) is 11.4. The molecule has 0 fully saturated rings. The maximum absolute atomic E-state index is 5.32. The van der Waals surface area contributed by atoms with Gasteiger partial charge in [0, 0.05) is 0 Å². The standard InChI is InChI=1S/C12H16O/c1-3-13-11(2)9-10-12-7-5-4-6-8-12/h4-9H,3,10H2,1-2H3/b11-9+. The van der Waals surface area contributed by atoms with Crippen LogP contribution in [0.4, 0.5) is 0 Å². The molecular weight excluding hydrogens is 160 g/mol. The van der Waals surface area contributed by atoms with Crippen LogP contribution in [0, 0.1) is 0 Å². The van der Waals surface area contributed by atoms with E-state index >= 15 is 0 Å². The molecule has 0 aliphatic rings. The Kier molecular flexibility index (Phi) is 4.10. The first-order valence-corrected chi connectivity index (χ1v) is 4.66. The van der Waals surface area contributed by atoms with E-state index in [9.17, 15) is 0 Å². The van der Waals surface area contributed by atoms with Crippen molar-refractivity contribution in [3.05, 3.63) is 47.7 Å². The Balaban J connectivity index is 2.47. The topological polar surface area (TPSA) is 9.23 Å². The Bertz CT molecular complexity index is 262. The van der Waals surface area contributed by atoms with Crippen molar-refractivity contribution in [1.29, 1.82) is 0 Å². The molecule has 0 radical (unpaired) electrons. The van der Waals surface area contributed by atoms with Crippen molar-refractivity contribution in [2.75, 3.05) is 6.61 Å². The summed E-state index contributed by atoms with van der Waals surface area (Å²) in [5.41, 5.74) is 1.32. The zero-order chi connectivity index (χ0) is 9.52. The molecule has 0 aliphatic heterocycles. The van der Waals surface area contributed by atoms with Gasteiger partial charge in [-0.2, -0.15) is 0 Å². The maximum Gasteiger partial charge on any atom is 0.0892 e. The number of hydrogen-bond acceptors (Lipinski definition) is 1. The van der Waals surface area contributed by atoms with Gasteiger partial charge in [-0.25, -0.2) is 0 Å². The van der Waals surface area contributed by atoms with Crippen molar-refractivity contribution < 1.29 is 4.74 Å². The van der Waals surface area contributed by atoms with Gasteiger partial charge in [-0.15, -0.1) is 0 Å². The fraction of sp³-hybridized carbons (Fsp3) is 0.333. The second-order valence-corrected chi connectivity index (χ2v) is 2.94. The zero-order valence-corrected chi connectivity index (χ0v) is 8.29. The van der Waals surface area contributed by atoms with Gasteiger partial charge in [-0.1, -0.05) is 30.3 Å². The fourth-order valence-electron chi connectivity index (χ4n) is 1.16. The summed E-state index contributed by atoms with van der Waals surface area (Å²) >= 11 is 0. The van der Waals surface area contributed by atoms with Gasteiger partial charge < -0.3 is 4.74 Å². The molecule has 0 aromatic heterocycles. The largest absolute Gasteiger partial charge is 0.499 e. The molecule has 1 heteroatoms. The number of rotatable bonds is 4. The van der Waals surface area contributed by atoms with E-state index in [0.29, 0.717) is 0 Å². The van der Waals surface area contributed by atoms with E-state index in [1.807, 2.05) is 19.9 Å². The van der Waals surface area contributed by atoms with Crippen molar-refractivity contribution in [2.24, 2.45) is 0 Å². The highest BCUT2D eigenvalue weighted by atomic mass is 16.5. The van der Waals surface area contributed by atoms with E-state index in [1.54, 1.807) is 0 Å². The van der Waals surface area contributed by atoms with Gasteiger partial charge in [-0.3, -0.25) is 0 Å². The second-order valence-electron chi connectivity index (χ2n) is 2.94. The number of allylic oxidation sites excluding steroid dienone is 2. The molecule has 0 aliphatic carbocycles. The fourth-order valence-corrected chi connectivity index (χ4v) is 1.16. The Hall–Kier alpha value is -1.24. The second kappa shape index (κ2) is 5.41. The quantitative estimate of drug-likeness (QED) is 0.640. The SMILES string of the molecule is CCO/C(C)=C/Cc1ccccc1. The van der Waals surface area contributed by atoms with Gasteiger partial charge in [0.05, 0.1) is 12.4 Å². The van der Waals surface area contributed by atoms with Gasteiger partial charge in [0.15, 0.2) is 0 Å². The van der Waals surface area contributed by atoms with Crippen LogP contribution in [0.1, 0.15) is 19.4 Å². The van der Waals surface area contributed by atoms with Gasteiger partial charge in [-0.05, 0) is 31.9 Å². The minimum atomic E-state index is 0.747. The van der Waals surface area contributed by atoms with Gasteiger partial charge in [0.25, 0.3) is 0 Å². The summed E-state index contributed by atoms with van der Waals surface area (Å²) in [7, 11) is 0. The Morgan fingerprint density at radius 1 is 1.31 bits per heavy atom. The minimum absolute atomic E-state index is 0.747. The monoisotopic (exact) mass is 176 g/mol. The molecule has 0 atom stereocenters. The molecule has 1 aromatic carbocycles. The third kappa shape index (κ3) is 3.79. The number of ether oxygens (including phenoxy) is 1. The van der Waals surface area contributed by atoms with E-state index in [-0.39, 0.29) is 0 Å². The molecule has 0 unspecified atom stereocenters. The predicted octanol–water partition coefficient (Wildman–Crippen LogP) is 3.17. The molecule has 13 heavy (non-hydrogen) atoms. The summed E-state index contributed by atoms with van der Waals surface area (Å²) in [6, 6.07) is 10.4. The average Bonchev–Trinajstić information content (AvgIpc) is 2.17. The van der Waals surface area contributed by atoms with Gasteiger partial charge in [0.1, 0.15) is 0 Å². The maximum atomic E-state index is 5.32. The lowest BCUT2D eigenvalue weighted by Gasteiger charge is -2.02. The van der Waals surface area contributed by atoms with Crippen LogP contribution in [0.2, 0.25) is 0 Å². The van der Waals surface area contributed by atoms with E-state index in [2.05, 4.69) is 30.3 Å². The van der Waals surface area contributed by atoms with E-state index in [1.165, 1.54) is 5.56 Å². The summed E-state index contributed by atoms with van der Waals surface area (Å²) < 4.78 is 5.32. The molecule has 70 valence electrons. The molecule has 1 rings (SSSR count). The molecule has 0 saturated heterocycles. The lowest BCUT2D eigenvalue weighted by molar-refractivity contribution is 0.230. The third-order valence-electron chi connectivity index (χ3n) is 1.84. The summed E-state index contributed by atoms with van der Waals surface area (Å²) in [6.45, 7) is 4.74. The first-order valence-electron chi connectivity index (χ1n) is 4.66. The Morgan fingerprint density at radius 2 is 2.00 bits per heavy atom. The van der Waals surface area contributed by atoms with Crippen LogP contribution in [-0.4, -0.2) is 6.61 Å². The van der Waals surface area contributed by atoms with E-state index in [0.717, 1.165) is 18.8 Å². The number of hydrogen-bond donors (Lipinski definition) is 0. The van der Waals surface area contributed by atoms with E-state index < -0.39 is 0 Å². The van der Waals surface area contributed by atoms with Crippen molar-refractivity contribution in [3.8, 4) is 0 Å². The molecule has 1 aromatic rings. The van der Waals surface area contributed by atoms with Crippen molar-refractivity contribution in [3.63, 3.8) is 0 Å². The van der Waals surface area contributed by atoms with Crippen LogP contribution < -0.4 is 0 Å². The lowest BCUT2D eigenvalue weighted by Crippen LogP contribution is -1.88. The number of benzene rings is 1. The molecule has 0 bridgehead atoms. The predicted molar refractivity (Wildman–Crippen MR) is 55.5 cm³/mol. The van der Waals surface area contributed by atoms with E-state index in [4.69, 9.17) is 4.74 Å². The van der Waals surface area contributed by atoms with Crippen LogP contribution in [0.15, 0.2) is 42.2 Å². The smallest absolute Gasteiger partial charge is 0.0892 e. The van der Waals surface area contributed by atoms with Crippen molar-refractivity contribution >= 4 is 0 Å². The summed E-state index contributed by atoms with van der Waals surface area (Å²) in [6.07, 6.45) is 3.06. The summed E-state index contributed by atoms with van der Waals surface area (Å²) in [5, 5.41) is 0. The molecule has 0 amide bonds. The van der Waals surface area contributed by atoms with Crippen LogP contribution in [0.5, 0.6) is 0 Å². The first-order chi connectivity index (χ1) is 6.33. The highest BCUT2D eigenvalue weighted by Crippen LogP contribution is 2.03. The molecule has 0 N–H and O–H groups in total. The van der Waals surface area contributed by atoms with Gasteiger partial charge >= 0.3 is 0 Å². The average molecular weight is 176 g/mol. The molecule has 0 saturated carbocycles. The molecular formula is C12H16O. The minimum Gasteiger partial charge on any atom is -0.499 e. The van der Waals surface area contributed by atoms with Crippen LogP contribution >= 0.6 is 0 Å². The lowest BCUT2D eigenvalue weighted by atomic mass is 10.1. The highest BCUT2D eigenvalue weighted by Gasteiger charge is 1.89. The van der Waals surface area contributed by atoms with Crippen LogP contribution in [0.25, 0.3) is 0 Å². The third-order valence-corrected chi connectivity index (χ3v) is 1.84. The van der Waals surface area contributed by atoms with Crippen molar-refractivity contribution in [2.45, 2.75) is 20.3 Å². The van der Waals surface area contributed by atoms with Gasteiger partial charge in [0.2, 0.25) is 0 Å². The van der Waals surface area contributed by atoms with Crippen molar-refractivity contribution in [1.82, 2.24) is 0 Å².